The molecule has 0 saturated heterocycles. The average molecular weight is 486 g/mol. The van der Waals surface area contributed by atoms with E-state index in [-0.39, 0.29) is 12.3 Å². The van der Waals surface area contributed by atoms with E-state index in [2.05, 4.69) is 15.6 Å². The number of aromatic nitrogens is 1. The number of carboxylic acid groups (broad SMARTS) is 1. The van der Waals surface area contributed by atoms with Crippen LogP contribution in [-0.2, 0) is 16.0 Å². The zero-order valence-electron chi connectivity index (χ0n) is 18.6. The summed E-state index contributed by atoms with van der Waals surface area (Å²) in [7, 11) is 0. The quantitative estimate of drug-likeness (QED) is 0.274. The summed E-state index contributed by atoms with van der Waals surface area (Å²) in [5, 5.41) is 14.6. The number of carboxylic acids is 1. The van der Waals surface area contributed by atoms with Crippen LogP contribution in [0.3, 0.4) is 0 Å². The van der Waals surface area contributed by atoms with E-state index >= 15 is 0 Å². The molecule has 3 N–H and O–H groups in total. The van der Waals surface area contributed by atoms with Crippen molar-refractivity contribution < 1.29 is 19.2 Å². The molecule has 1 aromatic heterocycles. The summed E-state index contributed by atoms with van der Waals surface area (Å²) in [4.78, 5) is 29.0. The van der Waals surface area contributed by atoms with Crippen molar-refractivity contribution in [2.24, 2.45) is 0 Å². The second-order valence-electron chi connectivity index (χ2n) is 7.66. The maximum Gasteiger partial charge on any atom is 0.308 e. The van der Waals surface area contributed by atoms with Gasteiger partial charge in [-0.25, -0.2) is 4.98 Å². The summed E-state index contributed by atoms with van der Waals surface area (Å²) < 4.78 is 13.5. The van der Waals surface area contributed by atoms with Gasteiger partial charge in [0.15, 0.2) is 10.1 Å². The van der Waals surface area contributed by atoms with Crippen LogP contribution < -0.4 is 10.6 Å². The molecule has 7 nitrogen and oxygen atoms in total. The van der Waals surface area contributed by atoms with Gasteiger partial charge >= 0.3 is 5.97 Å². The van der Waals surface area contributed by atoms with Crippen LogP contribution in [0.15, 0.2) is 108 Å². The van der Waals surface area contributed by atoms with Crippen LogP contribution in [0.5, 0.6) is 0 Å². The van der Waals surface area contributed by atoms with E-state index in [1.165, 1.54) is 0 Å². The van der Waals surface area contributed by atoms with Crippen molar-refractivity contribution in [3.63, 3.8) is 0 Å². The molecule has 2 atom stereocenters. The highest BCUT2D eigenvalue weighted by atomic mass is 32.2. The normalized spacial score (nSPS) is 12.4. The van der Waals surface area contributed by atoms with Gasteiger partial charge < -0.3 is 20.3 Å². The van der Waals surface area contributed by atoms with E-state index in [9.17, 15) is 19.2 Å². The number of carbonyl (C=O) groups excluding carboxylic acids is 1. The number of aliphatic carboxylic acids is 1. The number of para-hydroxylation sites is 1. The monoisotopic (exact) mass is 485 g/mol. The Balaban J connectivity index is 1.52. The Hall–Kier alpha value is -4.14. The molecule has 4 rings (SSSR count). The van der Waals surface area contributed by atoms with E-state index in [1.807, 2.05) is 24.3 Å². The minimum Gasteiger partial charge on any atom is -0.611 e. The van der Waals surface area contributed by atoms with Crippen LogP contribution in [0.4, 0.5) is 17.2 Å². The van der Waals surface area contributed by atoms with Crippen LogP contribution in [0, 0.1) is 0 Å². The van der Waals surface area contributed by atoms with Gasteiger partial charge in [0, 0.05) is 23.0 Å². The van der Waals surface area contributed by atoms with Crippen molar-refractivity contribution in [3.8, 4) is 0 Å². The Kier molecular flexibility index (Phi) is 7.77. The molecule has 0 fully saturated rings. The Labute approximate surface area is 206 Å². The highest BCUT2D eigenvalue weighted by molar-refractivity contribution is 7.91. The predicted octanol–water partition coefficient (Wildman–Crippen LogP) is 5.40. The molecule has 0 aliphatic carbocycles. The third-order valence-corrected chi connectivity index (χ3v) is 6.97. The molecule has 0 spiro atoms. The lowest BCUT2D eigenvalue weighted by Gasteiger charge is -2.22. The standard InChI is InChI=1S/C27H23N3O4S/c31-26(32)18-24(19-8-2-1-3-9-19)35(34)23-11-5-4-10-22(23)30-27(33)20-13-15-21(16-14-20)29-25-12-6-7-17-28-25/h1-17,24H,18H2,(H,28,29)(H,30,33)(H,31,32). The molecule has 1 heterocycles. The first-order valence-corrected chi connectivity index (χ1v) is 12.1. The topological polar surface area (TPSA) is 114 Å². The van der Waals surface area contributed by atoms with E-state index in [0.29, 0.717) is 27.5 Å². The number of amides is 1. The van der Waals surface area contributed by atoms with Crippen molar-refractivity contribution in [2.45, 2.75) is 16.6 Å². The number of rotatable bonds is 9. The first-order valence-electron chi connectivity index (χ1n) is 10.9. The van der Waals surface area contributed by atoms with Crippen molar-refractivity contribution in [1.29, 1.82) is 0 Å². The molecular formula is C27H23N3O4S. The maximum absolute atomic E-state index is 13.5. The van der Waals surface area contributed by atoms with Crippen molar-refractivity contribution in [1.82, 2.24) is 4.98 Å². The van der Waals surface area contributed by atoms with Crippen molar-refractivity contribution in [3.05, 3.63) is 114 Å². The molecule has 3 aromatic carbocycles. The molecule has 2 unspecified atom stereocenters. The van der Waals surface area contributed by atoms with E-state index in [1.54, 1.807) is 79.0 Å². The van der Waals surface area contributed by atoms with E-state index in [4.69, 9.17) is 0 Å². The zero-order chi connectivity index (χ0) is 24.6. The predicted molar refractivity (Wildman–Crippen MR) is 136 cm³/mol. The van der Waals surface area contributed by atoms with Crippen molar-refractivity contribution >= 4 is 40.2 Å². The summed E-state index contributed by atoms with van der Waals surface area (Å²) in [5.41, 5.74) is 2.23. The fraction of sp³-hybridized carbons (Fsp3) is 0.0741. The molecule has 4 aromatic rings. The summed E-state index contributed by atoms with van der Waals surface area (Å²) in [6.07, 6.45) is 1.38. The molecule has 0 aliphatic rings. The fourth-order valence-corrected chi connectivity index (χ4v) is 5.08. The molecule has 35 heavy (non-hydrogen) atoms. The number of pyridine rings is 1. The van der Waals surface area contributed by atoms with Gasteiger partial charge in [0.2, 0.25) is 0 Å². The smallest absolute Gasteiger partial charge is 0.308 e. The van der Waals surface area contributed by atoms with Crippen LogP contribution in [0.25, 0.3) is 0 Å². The second-order valence-corrected chi connectivity index (χ2v) is 9.27. The van der Waals surface area contributed by atoms with Crippen LogP contribution in [0.2, 0.25) is 0 Å². The first-order chi connectivity index (χ1) is 17.0. The Morgan fingerprint density at radius 1 is 0.886 bits per heavy atom. The number of hydrogen-bond acceptors (Lipinski definition) is 5. The van der Waals surface area contributed by atoms with Gasteiger partial charge in [-0.1, -0.05) is 48.5 Å². The molecule has 1 amide bonds. The number of nitrogens with zero attached hydrogens (tertiary/aromatic N) is 1. The lowest BCUT2D eigenvalue weighted by Crippen LogP contribution is -2.20. The number of nitrogens with one attached hydrogen (secondary N) is 2. The lowest BCUT2D eigenvalue weighted by atomic mass is 10.1. The number of hydrogen-bond donors (Lipinski definition) is 3. The van der Waals surface area contributed by atoms with Crippen LogP contribution >= 0.6 is 0 Å². The molecule has 0 saturated carbocycles. The minimum absolute atomic E-state index is 0.302. The van der Waals surface area contributed by atoms with Gasteiger partial charge in [-0.3, -0.25) is 9.59 Å². The maximum atomic E-state index is 13.5. The lowest BCUT2D eigenvalue weighted by molar-refractivity contribution is -0.137. The summed E-state index contributed by atoms with van der Waals surface area (Å²) in [6, 6.07) is 28.1. The number of anilines is 3. The van der Waals surface area contributed by atoms with Gasteiger partial charge in [0.25, 0.3) is 5.91 Å². The van der Waals surface area contributed by atoms with Gasteiger partial charge in [-0.15, -0.1) is 0 Å². The highest BCUT2D eigenvalue weighted by Crippen LogP contribution is 2.35. The molecule has 0 radical (unpaired) electrons. The van der Waals surface area contributed by atoms with Gasteiger partial charge in [-0.2, -0.15) is 0 Å². The molecule has 176 valence electrons. The largest absolute Gasteiger partial charge is 0.611 e. The van der Waals surface area contributed by atoms with Gasteiger partial charge in [0.05, 0.1) is 12.1 Å². The zero-order valence-corrected chi connectivity index (χ0v) is 19.4. The second kappa shape index (κ2) is 11.3. The summed E-state index contributed by atoms with van der Waals surface area (Å²) in [6.45, 7) is 0. The highest BCUT2D eigenvalue weighted by Gasteiger charge is 2.31. The Morgan fingerprint density at radius 3 is 2.26 bits per heavy atom. The SMILES string of the molecule is O=C(O)CC(c1ccccc1)[S+]([O-])c1ccccc1NC(=O)c1ccc(Nc2ccccn2)cc1. The van der Waals surface area contributed by atoms with Gasteiger partial charge in [0.1, 0.15) is 5.82 Å². The number of carbonyl (C=O) groups is 2. The van der Waals surface area contributed by atoms with Crippen LogP contribution in [-0.4, -0.2) is 26.5 Å². The Morgan fingerprint density at radius 2 is 1.57 bits per heavy atom. The third kappa shape index (κ3) is 6.26. The molecule has 0 bridgehead atoms. The first kappa shape index (κ1) is 24.0. The van der Waals surface area contributed by atoms with Crippen LogP contribution in [0.1, 0.15) is 27.6 Å². The Bertz CT molecular complexity index is 1280. The summed E-state index contributed by atoms with van der Waals surface area (Å²) >= 11 is -1.72. The molecule has 0 aliphatic heterocycles. The molecule has 8 heteroatoms. The molecular weight excluding hydrogens is 462 g/mol. The fourth-order valence-electron chi connectivity index (χ4n) is 3.53. The number of benzene rings is 3. The van der Waals surface area contributed by atoms with E-state index < -0.39 is 22.4 Å². The van der Waals surface area contributed by atoms with E-state index in [0.717, 1.165) is 5.69 Å². The van der Waals surface area contributed by atoms with Gasteiger partial charge in [-0.05, 0) is 59.7 Å². The average Bonchev–Trinajstić information content (AvgIpc) is 2.88. The minimum atomic E-state index is -1.72. The summed E-state index contributed by atoms with van der Waals surface area (Å²) in [5.74, 6) is -0.725. The van der Waals surface area contributed by atoms with Crippen molar-refractivity contribution in [2.75, 3.05) is 10.6 Å². The third-order valence-electron chi connectivity index (χ3n) is 5.23.